The van der Waals surface area contributed by atoms with Crippen molar-refractivity contribution in [3.63, 3.8) is 0 Å². The van der Waals surface area contributed by atoms with Gasteiger partial charge in [-0.2, -0.15) is 0 Å². The predicted molar refractivity (Wildman–Crippen MR) is 83.7 cm³/mol. The second-order valence-corrected chi connectivity index (χ2v) is 5.80. The average Bonchev–Trinajstić information content (AvgIpc) is 2.75. The smallest absolute Gasteiger partial charge is 0.311 e. The topological polar surface area (TPSA) is 48.3 Å². The summed E-state index contributed by atoms with van der Waals surface area (Å²) in [6, 6.07) is 8.63. The van der Waals surface area contributed by atoms with Crippen LogP contribution >= 0.6 is 27.5 Å². The highest BCUT2D eigenvalue weighted by Crippen LogP contribution is 2.24. The van der Waals surface area contributed by atoms with Gasteiger partial charge in [-0.3, -0.25) is 9.59 Å². The first-order valence-corrected chi connectivity index (χ1v) is 7.32. The molecule has 0 aliphatic rings. The van der Waals surface area contributed by atoms with Crippen molar-refractivity contribution in [2.45, 2.75) is 6.42 Å². The zero-order chi connectivity index (χ0) is 15.6. The summed E-state index contributed by atoms with van der Waals surface area (Å²) in [4.78, 5) is 23.9. The summed E-state index contributed by atoms with van der Waals surface area (Å²) < 4.78 is 7.16. The number of rotatable bonds is 4. The molecule has 1 heterocycles. The van der Waals surface area contributed by atoms with Crippen LogP contribution in [-0.4, -0.2) is 23.4 Å². The second-order valence-electron chi connectivity index (χ2n) is 4.47. The number of esters is 1. The SMILES string of the molecule is COC(=O)Cc1c(Cl)cc(C(=O)c2ccc(Br)cc2)n1C. The molecule has 0 saturated carbocycles. The van der Waals surface area contributed by atoms with Crippen molar-refractivity contribution >= 4 is 39.3 Å². The number of methoxy groups -OCH3 is 1. The van der Waals surface area contributed by atoms with Gasteiger partial charge in [0.25, 0.3) is 0 Å². The molecule has 0 radical (unpaired) electrons. The van der Waals surface area contributed by atoms with Gasteiger partial charge < -0.3 is 9.30 Å². The zero-order valence-electron chi connectivity index (χ0n) is 11.5. The molecule has 2 rings (SSSR count). The second kappa shape index (κ2) is 6.45. The summed E-state index contributed by atoms with van der Waals surface area (Å²) in [6.07, 6.45) is 0.0272. The minimum Gasteiger partial charge on any atom is -0.469 e. The van der Waals surface area contributed by atoms with Gasteiger partial charge >= 0.3 is 5.97 Å². The standard InChI is InChI=1S/C15H13BrClNO3/c1-18-12(8-14(19)21-2)11(17)7-13(18)15(20)9-3-5-10(16)6-4-9/h3-7H,8H2,1-2H3. The molecular weight excluding hydrogens is 358 g/mol. The molecule has 0 spiro atoms. The summed E-state index contributed by atoms with van der Waals surface area (Å²) in [6.45, 7) is 0. The molecule has 0 unspecified atom stereocenters. The van der Waals surface area contributed by atoms with E-state index in [2.05, 4.69) is 20.7 Å². The maximum Gasteiger partial charge on any atom is 0.311 e. The van der Waals surface area contributed by atoms with Crippen LogP contribution < -0.4 is 0 Å². The highest BCUT2D eigenvalue weighted by Gasteiger charge is 2.20. The van der Waals surface area contributed by atoms with Crippen LogP contribution in [0.3, 0.4) is 0 Å². The van der Waals surface area contributed by atoms with E-state index in [0.717, 1.165) is 4.47 Å². The van der Waals surface area contributed by atoms with Crippen LogP contribution in [0.4, 0.5) is 0 Å². The fraction of sp³-hybridized carbons (Fsp3) is 0.200. The lowest BCUT2D eigenvalue weighted by Crippen LogP contribution is -2.12. The molecule has 0 atom stereocenters. The summed E-state index contributed by atoms with van der Waals surface area (Å²) in [5.41, 5.74) is 1.55. The van der Waals surface area contributed by atoms with Crippen molar-refractivity contribution in [1.29, 1.82) is 0 Å². The Bertz CT molecular complexity index is 692. The summed E-state index contributed by atoms with van der Waals surface area (Å²) >= 11 is 9.45. The Balaban J connectivity index is 2.36. The quantitative estimate of drug-likeness (QED) is 0.612. The van der Waals surface area contributed by atoms with Crippen molar-refractivity contribution in [2.75, 3.05) is 7.11 Å². The van der Waals surface area contributed by atoms with E-state index in [-0.39, 0.29) is 12.2 Å². The van der Waals surface area contributed by atoms with E-state index in [1.165, 1.54) is 7.11 Å². The van der Waals surface area contributed by atoms with E-state index < -0.39 is 5.97 Å². The lowest BCUT2D eigenvalue weighted by Gasteiger charge is -2.07. The fourth-order valence-corrected chi connectivity index (χ4v) is 2.55. The van der Waals surface area contributed by atoms with E-state index in [0.29, 0.717) is 22.0 Å². The molecule has 1 aromatic heterocycles. The highest BCUT2D eigenvalue weighted by molar-refractivity contribution is 9.10. The number of hydrogen-bond donors (Lipinski definition) is 0. The molecule has 110 valence electrons. The van der Waals surface area contributed by atoms with Crippen LogP contribution in [0, 0.1) is 0 Å². The summed E-state index contributed by atoms with van der Waals surface area (Å²) in [5.74, 6) is -0.552. The van der Waals surface area contributed by atoms with Gasteiger partial charge in [-0.1, -0.05) is 27.5 Å². The Morgan fingerprint density at radius 1 is 1.29 bits per heavy atom. The molecule has 21 heavy (non-hydrogen) atoms. The average molecular weight is 371 g/mol. The van der Waals surface area contributed by atoms with E-state index in [9.17, 15) is 9.59 Å². The third-order valence-corrected chi connectivity index (χ3v) is 4.04. The van der Waals surface area contributed by atoms with Gasteiger partial charge in [-0.25, -0.2) is 0 Å². The highest BCUT2D eigenvalue weighted by atomic mass is 79.9. The van der Waals surface area contributed by atoms with Gasteiger partial charge in [0.1, 0.15) is 0 Å². The molecule has 4 nitrogen and oxygen atoms in total. The van der Waals surface area contributed by atoms with Crippen molar-refractivity contribution < 1.29 is 14.3 Å². The zero-order valence-corrected chi connectivity index (χ0v) is 13.9. The van der Waals surface area contributed by atoms with Crippen LogP contribution in [0.5, 0.6) is 0 Å². The molecule has 0 aliphatic carbocycles. The van der Waals surface area contributed by atoms with E-state index in [4.69, 9.17) is 11.6 Å². The molecule has 0 fully saturated rings. The van der Waals surface area contributed by atoms with E-state index >= 15 is 0 Å². The van der Waals surface area contributed by atoms with Crippen LogP contribution in [0.2, 0.25) is 5.02 Å². The Morgan fingerprint density at radius 3 is 2.48 bits per heavy atom. The van der Waals surface area contributed by atoms with E-state index in [1.807, 2.05) is 0 Å². The first kappa shape index (κ1) is 15.8. The van der Waals surface area contributed by atoms with Crippen LogP contribution in [-0.2, 0) is 23.0 Å². The monoisotopic (exact) mass is 369 g/mol. The Morgan fingerprint density at radius 2 is 1.90 bits per heavy atom. The van der Waals surface area contributed by atoms with Crippen molar-refractivity contribution in [1.82, 2.24) is 4.57 Å². The number of nitrogens with zero attached hydrogens (tertiary/aromatic N) is 1. The molecule has 0 aliphatic heterocycles. The van der Waals surface area contributed by atoms with Gasteiger partial charge in [-0.05, 0) is 30.3 Å². The largest absolute Gasteiger partial charge is 0.469 e. The molecule has 0 bridgehead atoms. The lowest BCUT2D eigenvalue weighted by atomic mass is 10.1. The predicted octanol–water partition coefficient (Wildman–Crippen LogP) is 3.39. The Kier molecular flexibility index (Phi) is 4.85. The molecule has 6 heteroatoms. The lowest BCUT2D eigenvalue weighted by molar-refractivity contribution is -0.139. The number of ether oxygens (including phenoxy) is 1. The van der Waals surface area contributed by atoms with Crippen LogP contribution in [0.1, 0.15) is 21.7 Å². The number of carbonyl (C=O) groups is 2. The maximum atomic E-state index is 12.5. The van der Waals surface area contributed by atoms with Crippen molar-refractivity contribution in [3.05, 3.63) is 56.8 Å². The summed E-state index contributed by atoms with van der Waals surface area (Å²) in [5, 5.41) is 0.378. The minimum atomic E-state index is -0.402. The Hall–Kier alpha value is -1.59. The van der Waals surface area contributed by atoms with Gasteiger partial charge in [0, 0.05) is 22.8 Å². The number of ketones is 1. The number of aromatic nitrogens is 1. The van der Waals surface area contributed by atoms with Gasteiger partial charge in [0.05, 0.1) is 24.2 Å². The number of carbonyl (C=O) groups excluding carboxylic acids is 2. The molecule has 2 aromatic rings. The third-order valence-electron chi connectivity index (χ3n) is 3.18. The van der Waals surface area contributed by atoms with E-state index in [1.54, 1.807) is 41.9 Å². The minimum absolute atomic E-state index is 0.0272. The van der Waals surface area contributed by atoms with Gasteiger partial charge in [0.15, 0.2) is 0 Å². The maximum absolute atomic E-state index is 12.5. The first-order chi connectivity index (χ1) is 9.93. The first-order valence-electron chi connectivity index (χ1n) is 6.15. The molecular formula is C15H13BrClNO3. The number of halogens is 2. The molecule has 0 N–H and O–H groups in total. The van der Waals surface area contributed by atoms with Crippen LogP contribution in [0.25, 0.3) is 0 Å². The number of benzene rings is 1. The molecule has 0 amide bonds. The van der Waals surface area contributed by atoms with Crippen molar-refractivity contribution in [3.8, 4) is 0 Å². The molecule has 0 saturated heterocycles. The third kappa shape index (κ3) is 3.36. The Labute approximate surface area is 135 Å². The normalized spacial score (nSPS) is 10.5. The van der Waals surface area contributed by atoms with Gasteiger partial charge in [0.2, 0.25) is 5.78 Å². The van der Waals surface area contributed by atoms with Gasteiger partial charge in [-0.15, -0.1) is 0 Å². The van der Waals surface area contributed by atoms with Crippen molar-refractivity contribution in [2.24, 2.45) is 7.05 Å². The number of hydrogen-bond acceptors (Lipinski definition) is 3. The summed E-state index contributed by atoms with van der Waals surface area (Å²) in [7, 11) is 3.02. The van der Waals surface area contributed by atoms with Crippen LogP contribution in [0.15, 0.2) is 34.8 Å². The molecule has 1 aromatic carbocycles. The fourth-order valence-electron chi connectivity index (χ4n) is 1.98.